The van der Waals surface area contributed by atoms with E-state index >= 15 is 0 Å². The minimum Gasteiger partial charge on any atom is -0.405 e. The number of hydrogen-bond donors (Lipinski definition) is 1. The van der Waals surface area contributed by atoms with Crippen LogP contribution in [0, 0.1) is 20.8 Å². The third-order valence-electron chi connectivity index (χ3n) is 4.43. The summed E-state index contributed by atoms with van der Waals surface area (Å²) >= 11 is 0. The van der Waals surface area contributed by atoms with Crippen LogP contribution >= 0.6 is 0 Å². The normalized spacial score (nSPS) is 11.5. The van der Waals surface area contributed by atoms with Gasteiger partial charge in [-0.15, -0.1) is 13.2 Å². The lowest BCUT2D eigenvalue weighted by molar-refractivity contribution is -0.274. The van der Waals surface area contributed by atoms with E-state index < -0.39 is 6.36 Å². The Morgan fingerprint density at radius 3 is 2.41 bits per heavy atom. The summed E-state index contributed by atoms with van der Waals surface area (Å²) in [5, 5.41) is 3.97. The first-order valence-electron chi connectivity index (χ1n) is 8.51. The Balaban J connectivity index is 0.00000240. The van der Waals surface area contributed by atoms with Crippen LogP contribution in [0.3, 0.4) is 0 Å². The average molecular weight is 403 g/mol. The summed E-state index contributed by atoms with van der Waals surface area (Å²) in [6.07, 6.45) is -4.80. The lowest BCUT2D eigenvalue weighted by Crippen LogP contribution is -2.17. The van der Waals surface area contributed by atoms with Gasteiger partial charge in [0.15, 0.2) is 0 Å². The van der Waals surface area contributed by atoms with Gasteiger partial charge in [0.05, 0.1) is 16.7 Å². The minimum atomic E-state index is -4.80. The van der Waals surface area contributed by atoms with Crippen LogP contribution in [0.5, 0.6) is 5.75 Å². The van der Waals surface area contributed by atoms with E-state index in [9.17, 15) is 13.2 Å². The maximum Gasteiger partial charge on any atom is 0.573 e. The average Bonchev–Trinajstić information content (AvgIpc) is 3.14. The molecular weight excluding hydrogens is 383 g/mol. The number of para-hydroxylation sites is 1. The second kappa shape index (κ2) is 7.27. The fourth-order valence-corrected chi connectivity index (χ4v) is 3.39. The molecule has 152 valence electrons. The molecule has 0 unspecified atom stereocenters. The molecule has 0 atom stereocenters. The maximum atomic E-state index is 12.9. The van der Waals surface area contributed by atoms with E-state index in [0.29, 0.717) is 39.4 Å². The van der Waals surface area contributed by atoms with E-state index in [4.69, 9.17) is 4.52 Å². The van der Waals surface area contributed by atoms with Crippen LogP contribution in [0.2, 0.25) is 0 Å². The Labute approximate surface area is 165 Å². The van der Waals surface area contributed by atoms with Crippen molar-refractivity contribution in [2.75, 3.05) is 0 Å². The van der Waals surface area contributed by atoms with Gasteiger partial charge in [0.1, 0.15) is 17.3 Å². The number of aromatic amines is 1. The van der Waals surface area contributed by atoms with Gasteiger partial charge in [0, 0.05) is 16.7 Å². The van der Waals surface area contributed by atoms with Crippen molar-refractivity contribution in [2.24, 2.45) is 0 Å². The van der Waals surface area contributed by atoms with Crippen molar-refractivity contribution in [2.45, 2.75) is 34.6 Å². The molecule has 2 heterocycles. The number of rotatable bonds is 3. The predicted molar refractivity (Wildman–Crippen MR) is 105 cm³/mol. The third-order valence-corrected chi connectivity index (χ3v) is 4.43. The second-order valence-corrected chi connectivity index (χ2v) is 6.49. The topological polar surface area (TPSA) is 63.9 Å². The first kappa shape index (κ1) is 20.4. The first-order valence-corrected chi connectivity index (χ1v) is 8.51. The van der Waals surface area contributed by atoms with Crippen LogP contribution in [-0.2, 0) is 0 Å². The number of H-pyrrole nitrogens is 1. The zero-order chi connectivity index (χ0) is 20.1. The first-order chi connectivity index (χ1) is 13.2. The Bertz CT molecular complexity index is 1160. The molecular formula is C21H20F3N3O2. The highest BCUT2D eigenvalue weighted by atomic mass is 19.4. The highest BCUT2D eigenvalue weighted by molar-refractivity contribution is 5.97. The van der Waals surface area contributed by atoms with Crippen LogP contribution < -0.4 is 4.74 Å². The van der Waals surface area contributed by atoms with Gasteiger partial charge in [-0.05, 0) is 44.5 Å². The lowest BCUT2D eigenvalue weighted by atomic mass is 9.96. The number of nitrogens with one attached hydrogen (secondary N) is 1. The van der Waals surface area contributed by atoms with Gasteiger partial charge >= 0.3 is 6.36 Å². The highest BCUT2D eigenvalue weighted by Crippen LogP contribution is 2.40. The Kier molecular flexibility index (Phi) is 5.13. The molecule has 4 rings (SSSR count). The second-order valence-electron chi connectivity index (χ2n) is 6.49. The Morgan fingerprint density at radius 2 is 1.76 bits per heavy atom. The van der Waals surface area contributed by atoms with Crippen LogP contribution in [0.1, 0.15) is 24.7 Å². The number of alkyl halides is 3. The van der Waals surface area contributed by atoms with Gasteiger partial charge in [0.2, 0.25) is 0 Å². The van der Waals surface area contributed by atoms with Gasteiger partial charge in [-0.25, -0.2) is 4.98 Å². The smallest absolute Gasteiger partial charge is 0.405 e. The fourth-order valence-electron chi connectivity index (χ4n) is 3.39. The fraction of sp³-hybridized carbons (Fsp3) is 0.238. The monoisotopic (exact) mass is 403 g/mol. The zero-order valence-electron chi connectivity index (χ0n) is 15.3. The summed E-state index contributed by atoms with van der Waals surface area (Å²) in [4.78, 5) is 7.62. The zero-order valence-corrected chi connectivity index (χ0v) is 15.3. The van der Waals surface area contributed by atoms with Gasteiger partial charge in [0.25, 0.3) is 0 Å². The summed E-state index contributed by atoms with van der Waals surface area (Å²) in [5.74, 6) is 0.994. The van der Waals surface area contributed by atoms with E-state index in [1.165, 1.54) is 12.1 Å². The Hall–Kier alpha value is -3.29. The number of ether oxygens (including phenoxy) is 1. The summed E-state index contributed by atoms with van der Waals surface area (Å²) in [6.45, 7) is 5.39. The molecule has 2 aromatic carbocycles. The highest BCUT2D eigenvalue weighted by Gasteiger charge is 2.32. The van der Waals surface area contributed by atoms with Crippen LogP contribution in [-0.4, -0.2) is 21.5 Å². The molecule has 8 heteroatoms. The number of imidazole rings is 1. The van der Waals surface area contributed by atoms with Crippen molar-refractivity contribution in [3.63, 3.8) is 0 Å². The predicted octanol–water partition coefficient (Wildman–Crippen LogP) is 6.34. The van der Waals surface area contributed by atoms with Crippen molar-refractivity contribution in [1.29, 1.82) is 0 Å². The van der Waals surface area contributed by atoms with Crippen LogP contribution in [0.15, 0.2) is 40.9 Å². The number of fused-ring (bicyclic) bond motifs is 1. The molecule has 0 aliphatic carbocycles. The van der Waals surface area contributed by atoms with Gasteiger partial charge in [-0.3, -0.25) is 0 Å². The molecule has 0 bridgehead atoms. The van der Waals surface area contributed by atoms with Crippen LogP contribution in [0.25, 0.3) is 33.3 Å². The molecule has 0 amide bonds. The van der Waals surface area contributed by atoms with Gasteiger partial charge in [-0.1, -0.05) is 30.8 Å². The molecule has 0 saturated carbocycles. The summed E-state index contributed by atoms with van der Waals surface area (Å²) in [7, 11) is 0. The van der Waals surface area contributed by atoms with Crippen molar-refractivity contribution in [3.8, 4) is 28.0 Å². The number of aryl methyl sites for hydroxylation is 3. The van der Waals surface area contributed by atoms with E-state index in [0.717, 1.165) is 11.1 Å². The molecule has 0 aliphatic rings. The van der Waals surface area contributed by atoms with Crippen molar-refractivity contribution in [1.82, 2.24) is 15.1 Å². The van der Waals surface area contributed by atoms with E-state index in [1.54, 1.807) is 32.0 Å². The van der Waals surface area contributed by atoms with Crippen molar-refractivity contribution in [3.05, 3.63) is 53.7 Å². The standard InChI is InChI=1S/C20H16F3N3O2.CH4/c1-10-18(11(2)28-26-10)13-8-15(19-16(9-13)24-12(3)25-19)14-6-4-5-7-17(14)27-20(21,22)23;/h4-9H,1-3H3,(H,24,25);1H4. The number of aromatic nitrogens is 3. The SMILES string of the molecule is C.Cc1nc2c(-c3ccccc3OC(F)(F)F)cc(-c3c(C)noc3C)cc2[nH]1. The number of benzene rings is 2. The molecule has 0 spiro atoms. The maximum absolute atomic E-state index is 12.9. The number of nitrogens with zero attached hydrogens (tertiary/aromatic N) is 2. The number of hydrogen-bond acceptors (Lipinski definition) is 4. The molecule has 0 fully saturated rings. The molecule has 29 heavy (non-hydrogen) atoms. The molecule has 5 nitrogen and oxygen atoms in total. The number of halogens is 3. The molecule has 0 aliphatic heterocycles. The van der Waals surface area contributed by atoms with E-state index in [2.05, 4.69) is 19.9 Å². The quantitative estimate of drug-likeness (QED) is 0.433. The lowest BCUT2D eigenvalue weighted by Gasteiger charge is -2.14. The van der Waals surface area contributed by atoms with Crippen LogP contribution in [0.4, 0.5) is 13.2 Å². The molecule has 4 aromatic rings. The summed E-state index contributed by atoms with van der Waals surface area (Å²) in [5.41, 5.74) is 4.34. The summed E-state index contributed by atoms with van der Waals surface area (Å²) in [6, 6.07) is 9.70. The minimum absolute atomic E-state index is 0. The molecule has 1 N–H and O–H groups in total. The van der Waals surface area contributed by atoms with Crippen molar-refractivity contribution < 1.29 is 22.4 Å². The van der Waals surface area contributed by atoms with Crippen molar-refractivity contribution >= 4 is 11.0 Å². The molecule has 0 radical (unpaired) electrons. The third kappa shape index (κ3) is 3.83. The van der Waals surface area contributed by atoms with E-state index in [1.807, 2.05) is 13.0 Å². The largest absolute Gasteiger partial charge is 0.573 e. The molecule has 2 aromatic heterocycles. The molecule has 0 saturated heterocycles. The summed E-state index contributed by atoms with van der Waals surface area (Å²) < 4.78 is 48.2. The van der Waals surface area contributed by atoms with Gasteiger partial charge in [-0.2, -0.15) is 0 Å². The van der Waals surface area contributed by atoms with Gasteiger partial charge < -0.3 is 14.2 Å². The van der Waals surface area contributed by atoms with E-state index in [-0.39, 0.29) is 13.2 Å². The Morgan fingerprint density at radius 1 is 1.03 bits per heavy atom.